The van der Waals surface area contributed by atoms with Crippen molar-refractivity contribution >= 4 is 6.09 Å². The third-order valence-corrected chi connectivity index (χ3v) is 2.24. The van der Waals surface area contributed by atoms with E-state index in [0.29, 0.717) is 6.42 Å². The molecule has 1 aromatic carbocycles. The Morgan fingerprint density at radius 2 is 2.17 bits per heavy atom. The summed E-state index contributed by atoms with van der Waals surface area (Å²) < 4.78 is 28.2. The predicted octanol–water partition coefficient (Wildman–Crippen LogP) is 1.97. The standard InChI is InChI=1S/C12H16FNO4/c1-16-8-17-7-6-11(18-12(14)15)9-4-2-3-5-10(9)13/h2-5,11H,6-8H2,1H3,(H2,14,15)/t11-/m1/s1. The highest BCUT2D eigenvalue weighted by Crippen LogP contribution is 2.23. The van der Waals surface area contributed by atoms with E-state index < -0.39 is 18.0 Å². The zero-order chi connectivity index (χ0) is 13.4. The van der Waals surface area contributed by atoms with Crippen LogP contribution in [0.15, 0.2) is 24.3 Å². The number of amides is 1. The summed E-state index contributed by atoms with van der Waals surface area (Å²) >= 11 is 0. The Balaban J connectivity index is 2.66. The minimum absolute atomic E-state index is 0.126. The lowest BCUT2D eigenvalue weighted by Gasteiger charge is -2.17. The molecule has 0 saturated heterocycles. The Morgan fingerprint density at radius 1 is 1.44 bits per heavy atom. The van der Waals surface area contributed by atoms with Gasteiger partial charge in [-0.1, -0.05) is 18.2 Å². The predicted molar refractivity (Wildman–Crippen MR) is 62.3 cm³/mol. The first kappa shape index (κ1) is 14.4. The summed E-state index contributed by atoms with van der Waals surface area (Å²) in [6.45, 7) is 0.390. The third-order valence-electron chi connectivity index (χ3n) is 2.24. The third kappa shape index (κ3) is 4.68. The molecule has 0 aliphatic carbocycles. The van der Waals surface area contributed by atoms with Crippen molar-refractivity contribution in [2.75, 3.05) is 20.5 Å². The monoisotopic (exact) mass is 257 g/mol. The maximum Gasteiger partial charge on any atom is 0.405 e. The molecule has 0 bridgehead atoms. The average Bonchev–Trinajstić information content (AvgIpc) is 2.33. The number of nitrogens with two attached hydrogens (primary N) is 1. The molecule has 0 heterocycles. The number of hydrogen-bond acceptors (Lipinski definition) is 4. The molecule has 0 radical (unpaired) electrons. The fourth-order valence-electron chi connectivity index (χ4n) is 1.49. The van der Waals surface area contributed by atoms with Crippen LogP contribution in [0.4, 0.5) is 9.18 Å². The van der Waals surface area contributed by atoms with Crippen molar-refractivity contribution in [1.29, 1.82) is 0 Å². The SMILES string of the molecule is COCOCC[C@@H](OC(N)=O)c1ccccc1F. The van der Waals surface area contributed by atoms with E-state index in [4.69, 9.17) is 19.9 Å². The lowest BCUT2D eigenvalue weighted by atomic mass is 10.1. The first-order chi connectivity index (χ1) is 8.65. The van der Waals surface area contributed by atoms with Gasteiger partial charge in [-0.25, -0.2) is 9.18 Å². The molecule has 0 unspecified atom stereocenters. The van der Waals surface area contributed by atoms with Crippen LogP contribution in [0.25, 0.3) is 0 Å². The summed E-state index contributed by atoms with van der Waals surface area (Å²) in [6, 6.07) is 6.05. The number of halogens is 1. The van der Waals surface area contributed by atoms with Gasteiger partial charge in [-0.15, -0.1) is 0 Å². The van der Waals surface area contributed by atoms with Crippen LogP contribution in [0.3, 0.4) is 0 Å². The van der Waals surface area contributed by atoms with E-state index in [1.165, 1.54) is 13.2 Å². The van der Waals surface area contributed by atoms with Gasteiger partial charge in [0, 0.05) is 19.1 Å². The Bertz CT molecular complexity index is 386. The van der Waals surface area contributed by atoms with Gasteiger partial charge in [0.25, 0.3) is 0 Å². The van der Waals surface area contributed by atoms with Gasteiger partial charge in [0.1, 0.15) is 18.7 Å². The molecule has 2 N–H and O–H groups in total. The smallest absolute Gasteiger partial charge is 0.405 e. The highest BCUT2D eigenvalue weighted by molar-refractivity contribution is 5.65. The second-order valence-corrected chi connectivity index (χ2v) is 3.55. The van der Waals surface area contributed by atoms with E-state index in [1.807, 2.05) is 0 Å². The van der Waals surface area contributed by atoms with Crippen LogP contribution in [0.1, 0.15) is 18.1 Å². The number of methoxy groups -OCH3 is 1. The summed E-state index contributed by atoms with van der Waals surface area (Å²) in [5.74, 6) is -0.449. The molecule has 18 heavy (non-hydrogen) atoms. The zero-order valence-electron chi connectivity index (χ0n) is 10.1. The summed E-state index contributed by atoms with van der Waals surface area (Å²) in [7, 11) is 1.49. The van der Waals surface area contributed by atoms with E-state index in [-0.39, 0.29) is 19.0 Å². The molecule has 100 valence electrons. The highest BCUT2D eigenvalue weighted by atomic mass is 19.1. The molecule has 1 aromatic rings. The van der Waals surface area contributed by atoms with Gasteiger partial charge < -0.3 is 19.9 Å². The van der Waals surface area contributed by atoms with Gasteiger partial charge in [-0.2, -0.15) is 0 Å². The van der Waals surface area contributed by atoms with E-state index in [2.05, 4.69) is 0 Å². The van der Waals surface area contributed by atoms with Crippen molar-refractivity contribution in [3.8, 4) is 0 Å². The molecular formula is C12H16FNO4. The van der Waals surface area contributed by atoms with Crippen molar-refractivity contribution in [3.05, 3.63) is 35.6 Å². The largest absolute Gasteiger partial charge is 0.441 e. The molecule has 1 rings (SSSR count). The highest BCUT2D eigenvalue weighted by Gasteiger charge is 2.18. The van der Waals surface area contributed by atoms with Crippen LogP contribution in [-0.4, -0.2) is 26.6 Å². The summed E-state index contributed by atoms with van der Waals surface area (Å²) in [5.41, 5.74) is 5.24. The molecule has 0 aliphatic heterocycles. The molecule has 0 fully saturated rings. The fourth-order valence-corrected chi connectivity index (χ4v) is 1.49. The molecule has 0 saturated carbocycles. The maximum absolute atomic E-state index is 13.6. The lowest BCUT2D eigenvalue weighted by Crippen LogP contribution is -2.19. The number of carbonyl (C=O) groups is 1. The number of primary amides is 1. The van der Waals surface area contributed by atoms with E-state index in [1.54, 1.807) is 18.2 Å². The molecule has 6 heteroatoms. The van der Waals surface area contributed by atoms with Gasteiger partial charge in [0.15, 0.2) is 0 Å². The number of ether oxygens (including phenoxy) is 3. The van der Waals surface area contributed by atoms with Crippen LogP contribution in [0, 0.1) is 5.82 Å². The lowest BCUT2D eigenvalue weighted by molar-refractivity contribution is -0.0409. The maximum atomic E-state index is 13.6. The fraction of sp³-hybridized carbons (Fsp3) is 0.417. The van der Waals surface area contributed by atoms with Crippen molar-refractivity contribution in [3.63, 3.8) is 0 Å². The number of hydrogen-bond donors (Lipinski definition) is 1. The van der Waals surface area contributed by atoms with Gasteiger partial charge in [-0.05, 0) is 6.07 Å². The molecular weight excluding hydrogens is 241 g/mol. The van der Waals surface area contributed by atoms with Gasteiger partial charge >= 0.3 is 6.09 Å². The topological polar surface area (TPSA) is 70.8 Å². The van der Waals surface area contributed by atoms with Gasteiger partial charge in [0.2, 0.25) is 0 Å². The van der Waals surface area contributed by atoms with Crippen molar-refractivity contribution in [2.24, 2.45) is 5.73 Å². The molecule has 0 aromatic heterocycles. The molecule has 0 spiro atoms. The quantitative estimate of drug-likeness (QED) is 0.599. The summed E-state index contributed by atoms with van der Waals surface area (Å²) in [5, 5.41) is 0. The van der Waals surface area contributed by atoms with Crippen LogP contribution >= 0.6 is 0 Å². The average molecular weight is 257 g/mol. The minimum atomic E-state index is -0.949. The van der Waals surface area contributed by atoms with Gasteiger partial charge in [0.05, 0.1) is 6.61 Å². The van der Waals surface area contributed by atoms with E-state index in [0.717, 1.165) is 0 Å². The number of benzene rings is 1. The Morgan fingerprint density at radius 3 is 2.78 bits per heavy atom. The number of rotatable bonds is 7. The van der Waals surface area contributed by atoms with Crippen LogP contribution < -0.4 is 5.73 Å². The first-order valence-electron chi connectivity index (χ1n) is 5.42. The molecule has 5 nitrogen and oxygen atoms in total. The Labute approximate surface area is 105 Å². The van der Waals surface area contributed by atoms with Crippen molar-refractivity contribution in [1.82, 2.24) is 0 Å². The second kappa shape index (κ2) is 7.62. The number of carbonyl (C=O) groups excluding carboxylic acids is 1. The van der Waals surface area contributed by atoms with Crippen molar-refractivity contribution in [2.45, 2.75) is 12.5 Å². The molecule has 0 aliphatic rings. The molecule has 1 amide bonds. The summed E-state index contributed by atoms with van der Waals surface area (Å²) in [4.78, 5) is 10.8. The second-order valence-electron chi connectivity index (χ2n) is 3.55. The van der Waals surface area contributed by atoms with Crippen LogP contribution in [0.2, 0.25) is 0 Å². The van der Waals surface area contributed by atoms with E-state index >= 15 is 0 Å². The summed E-state index contributed by atoms with van der Waals surface area (Å²) in [6.07, 6.45) is -1.41. The first-order valence-corrected chi connectivity index (χ1v) is 5.42. The van der Waals surface area contributed by atoms with Crippen molar-refractivity contribution < 1.29 is 23.4 Å². The molecule has 1 atom stereocenters. The zero-order valence-corrected chi connectivity index (χ0v) is 10.1. The Hall–Kier alpha value is -1.66. The van der Waals surface area contributed by atoms with Crippen LogP contribution in [0.5, 0.6) is 0 Å². The minimum Gasteiger partial charge on any atom is -0.441 e. The normalized spacial score (nSPS) is 12.1. The van der Waals surface area contributed by atoms with Crippen LogP contribution in [-0.2, 0) is 14.2 Å². The Kier molecular flexibility index (Phi) is 6.10. The van der Waals surface area contributed by atoms with Gasteiger partial charge in [-0.3, -0.25) is 0 Å². The van der Waals surface area contributed by atoms with E-state index in [9.17, 15) is 9.18 Å².